The van der Waals surface area contributed by atoms with Crippen LogP contribution >= 0.6 is 11.6 Å². The van der Waals surface area contributed by atoms with Gasteiger partial charge >= 0.3 is 0 Å². The molecule has 0 saturated carbocycles. The zero-order valence-corrected chi connectivity index (χ0v) is 20.3. The van der Waals surface area contributed by atoms with Crippen molar-refractivity contribution in [2.24, 2.45) is 0 Å². The van der Waals surface area contributed by atoms with Crippen molar-refractivity contribution < 1.29 is 17.6 Å². The van der Waals surface area contributed by atoms with Gasteiger partial charge in [-0.05, 0) is 48.0 Å². The van der Waals surface area contributed by atoms with E-state index in [2.05, 4.69) is 0 Å². The summed E-state index contributed by atoms with van der Waals surface area (Å²) in [6, 6.07) is 20.2. The van der Waals surface area contributed by atoms with Crippen LogP contribution in [0.15, 0.2) is 72.8 Å². The van der Waals surface area contributed by atoms with E-state index >= 15 is 0 Å². The molecule has 34 heavy (non-hydrogen) atoms. The molecule has 0 unspecified atom stereocenters. The van der Waals surface area contributed by atoms with Gasteiger partial charge in [-0.25, -0.2) is 12.8 Å². The minimum Gasteiger partial charge on any atom is -0.366 e. The molecule has 1 amide bonds. The third-order valence-corrected chi connectivity index (χ3v) is 7.16. The standard InChI is InChI=1S/C25H25ClFN3O3S/c1-34(32,33)30(22-6-4-5-21(26)17-22)18-19-9-11-20(12-10-19)25(31)29-15-13-28(14-16-29)24-8-3-2-7-23(24)27/h2-12,17H,13-16,18H2,1H3. The van der Waals surface area contributed by atoms with Gasteiger partial charge in [0.1, 0.15) is 5.82 Å². The molecule has 1 aliphatic rings. The molecule has 0 aromatic heterocycles. The molecule has 0 bridgehead atoms. The first-order valence-electron chi connectivity index (χ1n) is 10.8. The largest absolute Gasteiger partial charge is 0.366 e. The van der Waals surface area contributed by atoms with E-state index in [-0.39, 0.29) is 18.3 Å². The number of nitrogens with zero attached hydrogens (tertiary/aromatic N) is 3. The van der Waals surface area contributed by atoms with Crippen molar-refractivity contribution in [1.29, 1.82) is 0 Å². The van der Waals surface area contributed by atoms with Crippen molar-refractivity contribution in [2.45, 2.75) is 6.54 Å². The Bertz CT molecular complexity index is 1280. The molecular formula is C25H25ClFN3O3S. The monoisotopic (exact) mass is 501 g/mol. The van der Waals surface area contributed by atoms with Crippen molar-refractivity contribution in [1.82, 2.24) is 4.90 Å². The highest BCUT2D eigenvalue weighted by molar-refractivity contribution is 7.92. The van der Waals surface area contributed by atoms with Gasteiger partial charge in [0.25, 0.3) is 5.91 Å². The highest BCUT2D eigenvalue weighted by atomic mass is 35.5. The molecule has 178 valence electrons. The molecule has 9 heteroatoms. The number of carbonyl (C=O) groups excluding carboxylic acids is 1. The summed E-state index contributed by atoms with van der Waals surface area (Å²) < 4.78 is 40.1. The second kappa shape index (κ2) is 10.0. The predicted molar refractivity (Wildman–Crippen MR) is 133 cm³/mol. The Morgan fingerprint density at radius 2 is 1.65 bits per heavy atom. The van der Waals surface area contributed by atoms with Crippen molar-refractivity contribution in [3.63, 3.8) is 0 Å². The zero-order chi connectivity index (χ0) is 24.3. The van der Waals surface area contributed by atoms with Crippen LogP contribution in [-0.4, -0.2) is 51.7 Å². The van der Waals surface area contributed by atoms with Gasteiger partial charge in [0, 0.05) is 36.8 Å². The first kappa shape index (κ1) is 24.0. The number of anilines is 2. The van der Waals surface area contributed by atoms with Crippen LogP contribution < -0.4 is 9.21 Å². The SMILES string of the molecule is CS(=O)(=O)N(Cc1ccc(C(=O)N2CCN(c3ccccc3F)CC2)cc1)c1cccc(Cl)c1. The summed E-state index contributed by atoms with van der Waals surface area (Å²) >= 11 is 6.04. The van der Waals surface area contributed by atoms with Gasteiger partial charge in [0.15, 0.2) is 0 Å². The molecule has 0 atom stereocenters. The third kappa shape index (κ3) is 5.51. The van der Waals surface area contributed by atoms with Crippen LogP contribution in [-0.2, 0) is 16.6 Å². The average molecular weight is 502 g/mol. The fraction of sp³-hybridized carbons (Fsp3) is 0.240. The number of amides is 1. The molecule has 0 spiro atoms. The average Bonchev–Trinajstić information content (AvgIpc) is 2.82. The molecule has 1 saturated heterocycles. The Balaban J connectivity index is 1.42. The van der Waals surface area contributed by atoms with Crippen LogP contribution in [0.1, 0.15) is 15.9 Å². The lowest BCUT2D eigenvalue weighted by Gasteiger charge is -2.36. The molecule has 0 radical (unpaired) electrons. The van der Waals surface area contributed by atoms with E-state index in [0.717, 1.165) is 11.8 Å². The van der Waals surface area contributed by atoms with Gasteiger partial charge in [-0.3, -0.25) is 9.10 Å². The summed E-state index contributed by atoms with van der Waals surface area (Å²) in [5, 5.41) is 0.446. The maximum atomic E-state index is 14.1. The van der Waals surface area contributed by atoms with Gasteiger partial charge in [0.2, 0.25) is 10.0 Å². The summed E-state index contributed by atoms with van der Waals surface area (Å²) in [7, 11) is -3.54. The Hall–Kier alpha value is -3.10. The summed E-state index contributed by atoms with van der Waals surface area (Å²) in [5.41, 5.74) is 2.29. The van der Waals surface area contributed by atoms with Crippen LogP contribution in [0.4, 0.5) is 15.8 Å². The van der Waals surface area contributed by atoms with E-state index < -0.39 is 10.0 Å². The summed E-state index contributed by atoms with van der Waals surface area (Å²) in [5.74, 6) is -0.367. The fourth-order valence-corrected chi connectivity index (χ4v) is 5.06. The van der Waals surface area contributed by atoms with E-state index in [0.29, 0.717) is 48.1 Å². The number of benzene rings is 3. The molecule has 4 rings (SSSR count). The summed E-state index contributed by atoms with van der Waals surface area (Å²) in [6.07, 6.45) is 1.15. The topological polar surface area (TPSA) is 60.9 Å². The lowest BCUT2D eigenvalue weighted by Crippen LogP contribution is -2.49. The maximum Gasteiger partial charge on any atom is 0.253 e. The summed E-state index contributed by atoms with van der Waals surface area (Å²) in [4.78, 5) is 16.7. The Morgan fingerprint density at radius 1 is 0.971 bits per heavy atom. The first-order valence-corrected chi connectivity index (χ1v) is 13.1. The Morgan fingerprint density at radius 3 is 2.26 bits per heavy atom. The van der Waals surface area contributed by atoms with Crippen LogP contribution in [0.25, 0.3) is 0 Å². The first-order chi connectivity index (χ1) is 16.2. The lowest BCUT2D eigenvalue weighted by atomic mass is 10.1. The number of hydrogen-bond donors (Lipinski definition) is 0. The lowest BCUT2D eigenvalue weighted by molar-refractivity contribution is 0.0746. The van der Waals surface area contributed by atoms with Crippen molar-refractivity contribution in [3.05, 3.63) is 94.8 Å². The van der Waals surface area contributed by atoms with Crippen LogP contribution in [0, 0.1) is 5.82 Å². The maximum absolute atomic E-state index is 14.1. The number of carbonyl (C=O) groups is 1. The minimum absolute atomic E-state index is 0.102. The van der Waals surface area contributed by atoms with Crippen LogP contribution in [0.5, 0.6) is 0 Å². The van der Waals surface area contributed by atoms with Gasteiger partial charge in [-0.1, -0.05) is 41.9 Å². The van der Waals surface area contributed by atoms with Crippen LogP contribution in [0.3, 0.4) is 0 Å². The molecule has 0 N–H and O–H groups in total. The zero-order valence-electron chi connectivity index (χ0n) is 18.7. The molecular weight excluding hydrogens is 477 g/mol. The molecule has 3 aromatic rings. The smallest absolute Gasteiger partial charge is 0.253 e. The highest BCUT2D eigenvalue weighted by Gasteiger charge is 2.24. The number of rotatable bonds is 6. The van der Waals surface area contributed by atoms with Crippen molar-refractivity contribution >= 4 is 38.9 Å². The van der Waals surface area contributed by atoms with E-state index in [4.69, 9.17) is 11.6 Å². The number of halogens is 2. The van der Waals surface area contributed by atoms with Crippen molar-refractivity contribution in [3.8, 4) is 0 Å². The van der Waals surface area contributed by atoms with Gasteiger partial charge < -0.3 is 9.80 Å². The predicted octanol–water partition coefficient (Wildman–Crippen LogP) is 4.41. The molecule has 1 aliphatic heterocycles. The molecule has 0 aliphatic carbocycles. The highest BCUT2D eigenvalue weighted by Crippen LogP contribution is 2.25. The fourth-order valence-electron chi connectivity index (χ4n) is 3.99. The normalized spacial score (nSPS) is 14.2. The van der Waals surface area contributed by atoms with Gasteiger partial charge in [-0.15, -0.1) is 0 Å². The Kier molecular flexibility index (Phi) is 7.09. The number of sulfonamides is 1. The minimum atomic E-state index is -3.54. The van der Waals surface area contributed by atoms with E-state index in [9.17, 15) is 17.6 Å². The van der Waals surface area contributed by atoms with E-state index in [1.54, 1.807) is 71.6 Å². The quantitative estimate of drug-likeness (QED) is 0.502. The van der Waals surface area contributed by atoms with Crippen molar-refractivity contribution in [2.75, 3.05) is 41.6 Å². The van der Waals surface area contributed by atoms with Gasteiger partial charge in [0.05, 0.1) is 24.2 Å². The van der Waals surface area contributed by atoms with E-state index in [1.807, 2.05) is 4.90 Å². The Labute approximate surface area is 204 Å². The second-order valence-corrected chi connectivity index (χ2v) is 10.5. The van der Waals surface area contributed by atoms with E-state index in [1.165, 1.54) is 10.4 Å². The molecule has 1 fully saturated rings. The molecule has 1 heterocycles. The number of piperazine rings is 1. The van der Waals surface area contributed by atoms with Crippen LogP contribution in [0.2, 0.25) is 5.02 Å². The van der Waals surface area contributed by atoms with Gasteiger partial charge in [-0.2, -0.15) is 0 Å². The number of para-hydroxylation sites is 1. The summed E-state index contributed by atoms with van der Waals surface area (Å²) in [6.45, 7) is 2.20. The third-order valence-electron chi connectivity index (χ3n) is 5.78. The number of hydrogen-bond acceptors (Lipinski definition) is 4. The molecule has 6 nitrogen and oxygen atoms in total. The molecule has 3 aromatic carbocycles. The second-order valence-electron chi connectivity index (χ2n) is 8.18.